The lowest BCUT2D eigenvalue weighted by Crippen LogP contribution is -2.50. The second kappa shape index (κ2) is 9.62. The summed E-state index contributed by atoms with van der Waals surface area (Å²) >= 11 is 0. The van der Waals surface area contributed by atoms with Gasteiger partial charge in [-0.05, 0) is 12.0 Å². The molecule has 144 valence electrons. The van der Waals surface area contributed by atoms with E-state index in [4.69, 9.17) is 4.74 Å². The number of hydrogen-bond donors (Lipinski definition) is 1. The largest absolute Gasteiger partial charge is 0.482 e. The quantitative estimate of drug-likeness (QED) is 0.793. The van der Waals surface area contributed by atoms with Gasteiger partial charge in [0.25, 0.3) is 5.91 Å². The van der Waals surface area contributed by atoms with Gasteiger partial charge in [0.2, 0.25) is 5.43 Å². The minimum Gasteiger partial charge on any atom is -0.482 e. The number of carbonyl (C=O) groups is 1. The SMILES string of the molecule is C=CC(CC)N1CNn2ccc(=O)c(OCc3ccccc3)c2C1=O.CC. The number of amides is 1. The number of ether oxygens (including phenoxy) is 1. The lowest BCUT2D eigenvalue weighted by molar-refractivity contribution is 0.0672. The van der Waals surface area contributed by atoms with Crippen molar-refractivity contribution in [1.82, 2.24) is 9.58 Å². The summed E-state index contributed by atoms with van der Waals surface area (Å²) in [5.41, 5.74) is 3.94. The molecule has 1 aromatic heterocycles. The molecule has 0 aliphatic carbocycles. The Morgan fingerprint density at radius 2 is 1.93 bits per heavy atom. The summed E-state index contributed by atoms with van der Waals surface area (Å²) in [6, 6.07) is 10.8. The number of fused-ring (bicyclic) bond motifs is 1. The van der Waals surface area contributed by atoms with Gasteiger partial charge in [-0.3, -0.25) is 14.3 Å². The molecule has 1 amide bonds. The fourth-order valence-electron chi connectivity index (χ4n) is 2.86. The van der Waals surface area contributed by atoms with Crippen LogP contribution in [0.3, 0.4) is 0 Å². The van der Waals surface area contributed by atoms with E-state index in [-0.39, 0.29) is 35.4 Å². The van der Waals surface area contributed by atoms with E-state index in [0.717, 1.165) is 12.0 Å². The molecule has 1 unspecified atom stereocenters. The van der Waals surface area contributed by atoms with E-state index in [1.165, 1.54) is 6.07 Å². The van der Waals surface area contributed by atoms with Crippen molar-refractivity contribution in [2.45, 2.75) is 39.8 Å². The molecule has 0 spiro atoms. The number of pyridine rings is 1. The van der Waals surface area contributed by atoms with Gasteiger partial charge in [0, 0.05) is 12.3 Å². The summed E-state index contributed by atoms with van der Waals surface area (Å²) in [6.45, 7) is 10.3. The molecule has 1 atom stereocenters. The zero-order valence-electron chi connectivity index (χ0n) is 16.1. The Balaban J connectivity index is 0.00000126. The topological polar surface area (TPSA) is 63.6 Å². The highest BCUT2D eigenvalue weighted by atomic mass is 16.5. The van der Waals surface area contributed by atoms with Crippen molar-refractivity contribution in [2.75, 3.05) is 12.1 Å². The van der Waals surface area contributed by atoms with Crippen LogP contribution in [-0.2, 0) is 6.61 Å². The summed E-state index contributed by atoms with van der Waals surface area (Å²) in [6.07, 6.45) is 4.03. The number of carbonyl (C=O) groups excluding carboxylic acids is 1. The number of benzene rings is 1. The lowest BCUT2D eigenvalue weighted by atomic mass is 10.1. The van der Waals surface area contributed by atoms with E-state index in [0.29, 0.717) is 6.67 Å². The highest BCUT2D eigenvalue weighted by Gasteiger charge is 2.31. The maximum atomic E-state index is 13.0. The molecule has 1 aromatic carbocycles. The van der Waals surface area contributed by atoms with Crippen LogP contribution in [0.5, 0.6) is 5.75 Å². The van der Waals surface area contributed by atoms with Crippen LogP contribution >= 0.6 is 0 Å². The summed E-state index contributed by atoms with van der Waals surface area (Å²) in [5.74, 6) is -0.182. The van der Waals surface area contributed by atoms with Gasteiger partial charge in [-0.25, -0.2) is 0 Å². The van der Waals surface area contributed by atoms with E-state index in [2.05, 4.69) is 12.0 Å². The fraction of sp³-hybridized carbons (Fsp3) is 0.333. The van der Waals surface area contributed by atoms with E-state index in [9.17, 15) is 9.59 Å². The van der Waals surface area contributed by atoms with Crippen LogP contribution in [0.2, 0.25) is 0 Å². The van der Waals surface area contributed by atoms with Gasteiger partial charge in [0.1, 0.15) is 13.3 Å². The van der Waals surface area contributed by atoms with Gasteiger partial charge < -0.3 is 15.1 Å². The van der Waals surface area contributed by atoms with Crippen molar-refractivity contribution in [3.63, 3.8) is 0 Å². The number of hydrogen-bond acceptors (Lipinski definition) is 4. The summed E-state index contributed by atoms with van der Waals surface area (Å²) < 4.78 is 7.29. The van der Waals surface area contributed by atoms with E-state index >= 15 is 0 Å². The molecule has 0 fully saturated rings. The van der Waals surface area contributed by atoms with Crippen LogP contribution < -0.4 is 15.6 Å². The first-order chi connectivity index (χ1) is 13.2. The average molecular weight is 369 g/mol. The molecule has 6 heteroatoms. The van der Waals surface area contributed by atoms with Crippen molar-refractivity contribution in [3.05, 3.63) is 76.7 Å². The highest BCUT2D eigenvalue weighted by Crippen LogP contribution is 2.21. The third-order valence-electron chi connectivity index (χ3n) is 4.25. The van der Waals surface area contributed by atoms with Gasteiger partial charge in [-0.1, -0.05) is 57.2 Å². The zero-order chi connectivity index (χ0) is 19.8. The van der Waals surface area contributed by atoms with Crippen LogP contribution in [0.25, 0.3) is 0 Å². The molecule has 0 saturated heterocycles. The third-order valence-corrected chi connectivity index (χ3v) is 4.25. The molecule has 6 nitrogen and oxygen atoms in total. The molecule has 27 heavy (non-hydrogen) atoms. The second-order valence-electron chi connectivity index (χ2n) is 5.80. The number of aromatic nitrogens is 1. The van der Waals surface area contributed by atoms with Crippen LogP contribution in [-0.4, -0.2) is 28.2 Å². The molecule has 0 saturated carbocycles. The van der Waals surface area contributed by atoms with Crippen molar-refractivity contribution in [3.8, 4) is 5.75 Å². The minimum absolute atomic E-state index is 0.0625. The summed E-state index contributed by atoms with van der Waals surface area (Å²) in [4.78, 5) is 26.9. The lowest BCUT2D eigenvalue weighted by Gasteiger charge is -2.35. The van der Waals surface area contributed by atoms with Gasteiger partial charge in [0.05, 0.1) is 6.04 Å². The molecule has 0 radical (unpaired) electrons. The first-order valence-corrected chi connectivity index (χ1v) is 9.25. The van der Waals surface area contributed by atoms with Crippen LogP contribution in [0.1, 0.15) is 43.2 Å². The van der Waals surface area contributed by atoms with Gasteiger partial charge >= 0.3 is 0 Å². The van der Waals surface area contributed by atoms with Gasteiger partial charge in [-0.15, -0.1) is 6.58 Å². The zero-order valence-corrected chi connectivity index (χ0v) is 16.1. The summed E-state index contributed by atoms with van der Waals surface area (Å²) in [7, 11) is 0. The molecule has 2 aromatic rings. The monoisotopic (exact) mass is 369 g/mol. The average Bonchev–Trinajstić information content (AvgIpc) is 2.72. The maximum absolute atomic E-state index is 13.0. The highest BCUT2D eigenvalue weighted by molar-refractivity contribution is 5.96. The Bertz CT molecular complexity index is 830. The number of rotatable bonds is 6. The van der Waals surface area contributed by atoms with Crippen LogP contribution in [0.4, 0.5) is 0 Å². The predicted molar refractivity (Wildman–Crippen MR) is 107 cm³/mol. The molecular formula is C21H27N3O3. The van der Waals surface area contributed by atoms with Crippen molar-refractivity contribution < 1.29 is 9.53 Å². The van der Waals surface area contributed by atoms with Gasteiger partial charge in [0.15, 0.2) is 11.4 Å². The third kappa shape index (κ3) is 4.39. The summed E-state index contributed by atoms with van der Waals surface area (Å²) in [5, 5.41) is 0. The molecule has 0 bridgehead atoms. The van der Waals surface area contributed by atoms with Gasteiger partial charge in [-0.2, -0.15) is 0 Å². The van der Waals surface area contributed by atoms with Crippen LogP contribution in [0.15, 0.2) is 60.0 Å². The Kier molecular flexibility index (Phi) is 7.23. The van der Waals surface area contributed by atoms with E-state index < -0.39 is 0 Å². The Morgan fingerprint density at radius 3 is 2.56 bits per heavy atom. The molecule has 1 N–H and O–H groups in total. The molecule has 1 aliphatic heterocycles. The second-order valence-corrected chi connectivity index (χ2v) is 5.80. The molecule has 1 aliphatic rings. The molecular weight excluding hydrogens is 342 g/mol. The van der Waals surface area contributed by atoms with E-state index in [1.807, 2.05) is 51.1 Å². The molecule has 2 heterocycles. The Morgan fingerprint density at radius 1 is 1.22 bits per heavy atom. The Hall–Kier alpha value is -3.02. The van der Waals surface area contributed by atoms with E-state index in [1.54, 1.807) is 21.8 Å². The standard InChI is InChI=1S/C19H21N3O3.C2H6/c1-3-15(4-2)21-13-20-22-11-10-16(23)18(17(22)19(21)24)25-12-14-8-6-5-7-9-14;1-2/h3,5-11,15,20H,1,4,12-13H2,2H3;1-2H3. The maximum Gasteiger partial charge on any atom is 0.278 e. The fourth-order valence-corrected chi connectivity index (χ4v) is 2.86. The number of nitrogens with zero attached hydrogens (tertiary/aromatic N) is 2. The number of nitrogens with one attached hydrogen (secondary N) is 1. The first kappa shape index (κ1) is 20.3. The first-order valence-electron chi connectivity index (χ1n) is 9.25. The Labute approximate surface area is 160 Å². The van der Waals surface area contributed by atoms with Crippen molar-refractivity contribution in [2.24, 2.45) is 0 Å². The smallest absolute Gasteiger partial charge is 0.278 e. The van der Waals surface area contributed by atoms with Crippen LogP contribution in [0, 0.1) is 0 Å². The minimum atomic E-state index is -0.314. The molecule has 3 rings (SSSR count). The normalized spacial score (nSPS) is 13.6. The van der Waals surface area contributed by atoms with Crippen molar-refractivity contribution in [1.29, 1.82) is 0 Å². The predicted octanol–water partition coefficient (Wildman–Crippen LogP) is 3.37. The van der Waals surface area contributed by atoms with Crippen molar-refractivity contribution >= 4 is 5.91 Å².